The van der Waals surface area contributed by atoms with Crippen LogP contribution < -0.4 is 14.2 Å². The minimum absolute atomic E-state index is 0.118. The molecule has 5 nitrogen and oxygen atoms in total. The Morgan fingerprint density at radius 1 is 0.829 bits per heavy atom. The third kappa shape index (κ3) is 4.87. The molecule has 1 N–H and O–H groups in total. The molecule has 0 aromatic heterocycles. The van der Waals surface area contributed by atoms with E-state index in [9.17, 15) is 23.1 Å². The number of alkyl halides is 3. The highest BCUT2D eigenvalue weighted by Gasteiger charge is 2.30. The summed E-state index contributed by atoms with van der Waals surface area (Å²) >= 11 is 0. The molecule has 0 fully saturated rings. The van der Waals surface area contributed by atoms with E-state index in [-0.39, 0.29) is 23.5 Å². The Hall–Kier alpha value is -4.20. The molecule has 0 atom stereocenters. The number of ether oxygens (including phenoxy) is 3. The average Bonchev–Trinajstić information content (AvgIpc) is 2.86. The molecule has 0 bridgehead atoms. The maximum atomic E-state index is 13.1. The first-order valence-electron chi connectivity index (χ1n) is 10.5. The lowest BCUT2D eigenvalue weighted by molar-refractivity contribution is -0.137. The van der Waals surface area contributed by atoms with Crippen LogP contribution in [0.25, 0.3) is 21.9 Å². The fraction of sp³-hybridized carbons (Fsp3) is 0.148. The minimum Gasteiger partial charge on any atom is -0.493 e. The van der Waals surface area contributed by atoms with Gasteiger partial charge in [0.15, 0.2) is 11.5 Å². The smallest absolute Gasteiger partial charge is 0.416 e. The van der Waals surface area contributed by atoms with Gasteiger partial charge in [0.25, 0.3) is 0 Å². The maximum Gasteiger partial charge on any atom is 0.416 e. The molecule has 0 saturated heterocycles. The Morgan fingerprint density at radius 2 is 1.43 bits per heavy atom. The molecule has 0 amide bonds. The normalized spacial score (nSPS) is 11.3. The molecule has 4 aromatic rings. The number of methoxy groups -OCH3 is 2. The van der Waals surface area contributed by atoms with E-state index in [0.717, 1.165) is 17.7 Å². The quantitative estimate of drug-likeness (QED) is 0.313. The molecule has 0 saturated carbocycles. The second kappa shape index (κ2) is 9.58. The number of fused-ring (bicyclic) bond motifs is 1. The second-order valence-electron chi connectivity index (χ2n) is 7.70. The Balaban J connectivity index is 1.96. The van der Waals surface area contributed by atoms with E-state index < -0.39 is 17.7 Å². The third-order valence-corrected chi connectivity index (χ3v) is 5.57. The largest absolute Gasteiger partial charge is 0.493 e. The van der Waals surface area contributed by atoms with Crippen LogP contribution in [0.4, 0.5) is 13.2 Å². The molecule has 0 aliphatic heterocycles. The van der Waals surface area contributed by atoms with Crippen LogP contribution in [0.1, 0.15) is 21.5 Å². The van der Waals surface area contributed by atoms with Gasteiger partial charge in [-0.25, -0.2) is 4.79 Å². The predicted octanol–water partition coefficient (Wildman–Crippen LogP) is 6.82. The van der Waals surface area contributed by atoms with Crippen molar-refractivity contribution in [2.75, 3.05) is 14.2 Å². The number of rotatable bonds is 7. The number of halogens is 3. The minimum atomic E-state index is -4.51. The van der Waals surface area contributed by atoms with Crippen LogP contribution in [0.5, 0.6) is 17.2 Å². The zero-order valence-corrected chi connectivity index (χ0v) is 18.8. The molecule has 0 aliphatic carbocycles. The first-order valence-corrected chi connectivity index (χ1v) is 10.5. The molecular weight excluding hydrogens is 461 g/mol. The van der Waals surface area contributed by atoms with Crippen molar-refractivity contribution in [1.82, 2.24) is 0 Å². The maximum absolute atomic E-state index is 13.1. The van der Waals surface area contributed by atoms with Crippen LogP contribution in [0.2, 0.25) is 0 Å². The predicted molar refractivity (Wildman–Crippen MR) is 125 cm³/mol. The summed E-state index contributed by atoms with van der Waals surface area (Å²) in [7, 11) is 2.91. The summed E-state index contributed by atoms with van der Waals surface area (Å²) in [5.41, 5.74) is 0.485. The number of benzene rings is 4. The van der Waals surface area contributed by atoms with Crippen molar-refractivity contribution in [1.29, 1.82) is 0 Å². The van der Waals surface area contributed by atoms with Crippen LogP contribution in [0.3, 0.4) is 0 Å². The molecule has 0 unspecified atom stereocenters. The second-order valence-corrected chi connectivity index (χ2v) is 7.70. The third-order valence-electron chi connectivity index (χ3n) is 5.57. The summed E-state index contributed by atoms with van der Waals surface area (Å²) in [4.78, 5) is 12.3. The molecule has 0 aliphatic rings. The van der Waals surface area contributed by atoms with E-state index in [1.807, 2.05) is 30.3 Å². The van der Waals surface area contributed by atoms with Gasteiger partial charge in [-0.2, -0.15) is 13.2 Å². The number of carboxylic acid groups (broad SMARTS) is 1. The van der Waals surface area contributed by atoms with Gasteiger partial charge in [0.05, 0.1) is 25.3 Å². The van der Waals surface area contributed by atoms with Crippen molar-refractivity contribution in [3.05, 3.63) is 89.5 Å². The highest BCUT2D eigenvalue weighted by Crippen LogP contribution is 2.44. The van der Waals surface area contributed by atoms with Crippen LogP contribution >= 0.6 is 0 Å². The summed E-state index contributed by atoms with van der Waals surface area (Å²) in [6.07, 6.45) is -4.51. The van der Waals surface area contributed by atoms with Gasteiger partial charge in [-0.3, -0.25) is 0 Å². The lowest BCUT2D eigenvalue weighted by Crippen LogP contribution is -2.06. The van der Waals surface area contributed by atoms with Gasteiger partial charge in [-0.05, 0) is 46.8 Å². The van der Waals surface area contributed by atoms with Crippen molar-refractivity contribution < 1.29 is 37.3 Å². The molecule has 35 heavy (non-hydrogen) atoms. The lowest BCUT2D eigenvalue weighted by atomic mass is 9.91. The average molecular weight is 482 g/mol. The summed E-state index contributed by atoms with van der Waals surface area (Å²) in [6, 6.07) is 18.3. The van der Waals surface area contributed by atoms with E-state index in [2.05, 4.69) is 0 Å². The van der Waals surface area contributed by atoms with E-state index in [1.54, 1.807) is 12.1 Å². The van der Waals surface area contributed by atoms with E-state index >= 15 is 0 Å². The first kappa shape index (κ1) is 23.9. The molecule has 0 radical (unpaired) electrons. The molecule has 4 aromatic carbocycles. The fourth-order valence-corrected chi connectivity index (χ4v) is 3.88. The van der Waals surface area contributed by atoms with E-state index in [1.165, 1.54) is 32.4 Å². The van der Waals surface area contributed by atoms with E-state index in [4.69, 9.17) is 14.2 Å². The summed E-state index contributed by atoms with van der Waals surface area (Å²) in [6.45, 7) is 0.184. The monoisotopic (exact) mass is 482 g/mol. The Morgan fingerprint density at radius 3 is 1.97 bits per heavy atom. The zero-order valence-electron chi connectivity index (χ0n) is 18.8. The van der Waals surface area contributed by atoms with Crippen molar-refractivity contribution in [2.45, 2.75) is 12.8 Å². The first-order chi connectivity index (χ1) is 16.7. The van der Waals surface area contributed by atoms with Crippen LogP contribution in [-0.2, 0) is 12.8 Å². The Labute approximate surface area is 199 Å². The number of carbonyl (C=O) groups is 1. The summed E-state index contributed by atoms with van der Waals surface area (Å²) in [5.74, 6) is -0.227. The van der Waals surface area contributed by atoms with Gasteiger partial charge in [0.2, 0.25) is 0 Å². The molecule has 0 spiro atoms. The van der Waals surface area contributed by atoms with Crippen LogP contribution in [0, 0.1) is 0 Å². The zero-order chi connectivity index (χ0) is 25.2. The van der Waals surface area contributed by atoms with Crippen molar-refractivity contribution in [3.8, 4) is 28.4 Å². The van der Waals surface area contributed by atoms with Gasteiger partial charge in [-0.1, -0.05) is 42.5 Å². The van der Waals surface area contributed by atoms with Gasteiger partial charge in [0, 0.05) is 10.9 Å². The highest BCUT2D eigenvalue weighted by molar-refractivity contribution is 6.10. The molecular formula is C27H21F3O5. The summed E-state index contributed by atoms with van der Waals surface area (Å²) in [5, 5.41) is 11.0. The van der Waals surface area contributed by atoms with Gasteiger partial charge in [-0.15, -0.1) is 0 Å². The van der Waals surface area contributed by atoms with Crippen molar-refractivity contribution >= 4 is 16.7 Å². The lowest BCUT2D eigenvalue weighted by Gasteiger charge is -2.18. The topological polar surface area (TPSA) is 65.0 Å². The molecule has 0 heterocycles. The molecule has 180 valence electrons. The standard InChI is InChI=1S/C27H21F3O5/c1-33-23-12-19-20(13-24(23)34-2)25(17-8-10-18(11-9-17)27(28,29)30)21(26(31)32)14-22(19)35-15-16-6-4-3-5-7-16/h3-14H,15H2,1-2H3,(H,31,32). The fourth-order valence-electron chi connectivity index (χ4n) is 3.88. The van der Waals surface area contributed by atoms with Crippen molar-refractivity contribution in [3.63, 3.8) is 0 Å². The Bertz CT molecular complexity index is 1360. The van der Waals surface area contributed by atoms with Crippen molar-refractivity contribution in [2.24, 2.45) is 0 Å². The van der Waals surface area contributed by atoms with Gasteiger partial charge < -0.3 is 19.3 Å². The molecule has 8 heteroatoms. The van der Waals surface area contributed by atoms with Crippen LogP contribution in [0.15, 0.2) is 72.8 Å². The molecule has 4 rings (SSSR count). The SMILES string of the molecule is COc1cc2c(OCc3ccccc3)cc(C(=O)O)c(-c3ccc(C(F)(F)F)cc3)c2cc1OC. The number of hydrogen-bond acceptors (Lipinski definition) is 4. The number of hydrogen-bond donors (Lipinski definition) is 1. The van der Waals surface area contributed by atoms with Gasteiger partial charge in [0.1, 0.15) is 12.4 Å². The van der Waals surface area contributed by atoms with Gasteiger partial charge >= 0.3 is 12.1 Å². The Kier molecular flexibility index (Phi) is 6.55. The number of carboxylic acids is 1. The highest BCUT2D eigenvalue weighted by atomic mass is 19.4. The van der Waals surface area contributed by atoms with E-state index in [0.29, 0.717) is 27.8 Å². The summed E-state index contributed by atoms with van der Waals surface area (Å²) < 4.78 is 56.1. The number of aromatic carboxylic acids is 1. The van der Waals surface area contributed by atoms with Crippen LogP contribution in [-0.4, -0.2) is 25.3 Å².